The molecule has 0 aliphatic carbocycles. The number of benzene rings is 2. The standard InChI is InChI=1S/C19H19N3O7S2/c1-12(20-18-15-5-3-4-6-16(15)31(27,28)22-18)19(24)29-11-17(23)21-13-7-9-14(10-8-13)30(2,25)26/h3-10,12H,11H2,1-2H3,(H,20,22)(H,21,23)/t12-/m0/s1. The van der Waals surface area contributed by atoms with E-state index >= 15 is 0 Å². The average molecular weight is 466 g/mol. The zero-order valence-corrected chi connectivity index (χ0v) is 18.2. The van der Waals surface area contributed by atoms with Crippen LogP contribution in [0.25, 0.3) is 0 Å². The van der Waals surface area contributed by atoms with Gasteiger partial charge in [-0.05, 0) is 43.3 Å². The maximum Gasteiger partial charge on any atom is 0.331 e. The van der Waals surface area contributed by atoms with Crippen LogP contribution in [-0.4, -0.2) is 53.5 Å². The average Bonchev–Trinajstić information content (AvgIpc) is 2.96. The van der Waals surface area contributed by atoms with Crippen LogP contribution in [0.15, 0.2) is 63.3 Å². The van der Waals surface area contributed by atoms with Crippen molar-refractivity contribution >= 4 is 43.3 Å². The molecule has 0 unspecified atom stereocenters. The number of hydrogen-bond donors (Lipinski definition) is 2. The van der Waals surface area contributed by atoms with Crippen LogP contribution < -0.4 is 10.0 Å². The topological polar surface area (TPSA) is 148 Å². The van der Waals surface area contributed by atoms with E-state index in [1.165, 1.54) is 37.3 Å². The zero-order chi connectivity index (χ0) is 22.8. The van der Waals surface area contributed by atoms with E-state index in [2.05, 4.69) is 15.0 Å². The molecule has 31 heavy (non-hydrogen) atoms. The molecule has 0 bridgehead atoms. The summed E-state index contributed by atoms with van der Waals surface area (Å²) in [6.45, 7) is 0.816. The Morgan fingerprint density at radius 3 is 2.42 bits per heavy atom. The van der Waals surface area contributed by atoms with Crippen LogP contribution in [0.5, 0.6) is 0 Å². The van der Waals surface area contributed by atoms with Crippen molar-refractivity contribution in [2.45, 2.75) is 22.8 Å². The first-order chi connectivity index (χ1) is 14.5. The van der Waals surface area contributed by atoms with Crippen molar-refractivity contribution in [2.24, 2.45) is 4.99 Å². The molecule has 3 rings (SSSR count). The van der Waals surface area contributed by atoms with Gasteiger partial charge in [-0.15, -0.1) is 0 Å². The Bertz CT molecular complexity index is 1270. The van der Waals surface area contributed by atoms with Crippen LogP contribution in [0.4, 0.5) is 5.69 Å². The maximum atomic E-state index is 12.2. The van der Waals surface area contributed by atoms with E-state index in [-0.39, 0.29) is 15.6 Å². The second-order valence-corrected chi connectivity index (χ2v) is 10.4. The third kappa shape index (κ3) is 5.27. The van der Waals surface area contributed by atoms with Gasteiger partial charge in [0.1, 0.15) is 11.9 Å². The molecule has 0 saturated heterocycles. The van der Waals surface area contributed by atoms with Crippen molar-refractivity contribution in [3.8, 4) is 0 Å². The van der Waals surface area contributed by atoms with Crippen LogP contribution in [-0.2, 0) is 34.2 Å². The van der Waals surface area contributed by atoms with Gasteiger partial charge in [-0.2, -0.15) is 0 Å². The largest absolute Gasteiger partial charge is 0.454 e. The summed E-state index contributed by atoms with van der Waals surface area (Å²) in [4.78, 5) is 28.4. The smallest absolute Gasteiger partial charge is 0.331 e. The van der Waals surface area contributed by atoms with Crippen LogP contribution in [0, 0.1) is 0 Å². The SMILES string of the molecule is C[C@H](N=C1NS(=O)(=O)c2ccccc21)C(=O)OCC(=O)Nc1ccc(S(C)(=O)=O)cc1. The number of carbonyl (C=O) groups is 2. The van der Waals surface area contributed by atoms with E-state index in [1.54, 1.807) is 18.2 Å². The molecule has 2 N–H and O–H groups in total. The highest BCUT2D eigenvalue weighted by Crippen LogP contribution is 2.22. The second kappa shape index (κ2) is 8.47. The number of ether oxygens (including phenoxy) is 1. The first-order valence-electron chi connectivity index (χ1n) is 8.94. The number of anilines is 1. The number of nitrogens with one attached hydrogen (secondary N) is 2. The summed E-state index contributed by atoms with van der Waals surface area (Å²) in [6, 6.07) is 10.7. The Morgan fingerprint density at radius 1 is 1.13 bits per heavy atom. The number of fused-ring (bicyclic) bond motifs is 1. The highest BCUT2D eigenvalue weighted by Gasteiger charge is 2.31. The van der Waals surface area contributed by atoms with Crippen molar-refractivity contribution < 1.29 is 31.2 Å². The quantitative estimate of drug-likeness (QED) is 0.597. The molecular weight excluding hydrogens is 446 g/mol. The molecule has 2 aromatic carbocycles. The van der Waals surface area contributed by atoms with Gasteiger partial charge >= 0.3 is 5.97 Å². The van der Waals surface area contributed by atoms with E-state index in [0.717, 1.165) is 6.26 Å². The Morgan fingerprint density at radius 2 is 1.77 bits per heavy atom. The van der Waals surface area contributed by atoms with E-state index < -0.39 is 44.4 Å². The van der Waals surface area contributed by atoms with Gasteiger partial charge in [0.2, 0.25) is 0 Å². The van der Waals surface area contributed by atoms with Gasteiger partial charge in [0, 0.05) is 17.5 Å². The molecule has 1 atom stereocenters. The third-order valence-corrected chi connectivity index (χ3v) is 6.76. The van der Waals surface area contributed by atoms with Crippen molar-refractivity contribution in [1.29, 1.82) is 0 Å². The number of sulfonamides is 1. The lowest BCUT2D eigenvalue weighted by molar-refractivity contribution is -0.148. The molecule has 2 aromatic rings. The number of nitrogens with zero attached hydrogens (tertiary/aromatic N) is 1. The Hall–Kier alpha value is -3.25. The molecular formula is C19H19N3O7S2. The van der Waals surface area contributed by atoms with Gasteiger partial charge in [-0.25, -0.2) is 21.6 Å². The summed E-state index contributed by atoms with van der Waals surface area (Å²) in [6.07, 6.45) is 1.07. The number of esters is 1. The number of rotatable bonds is 6. The zero-order valence-electron chi connectivity index (χ0n) is 16.5. The number of amidine groups is 1. The molecule has 0 spiro atoms. The highest BCUT2D eigenvalue weighted by molar-refractivity contribution is 7.91. The fraction of sp³-hybridized carbons (Fsp3) is 0.211. The monoisotopic (exact) mass is 465 g/mol. The summed E-state index contributed by atoms with van der Waals surface area (Å²) in [5.74, 6) is -1.43. The summed E-state index contributed by atoms with van der Waals surface area (Å²) >= 11 is 0. The fourth-order valence-electron chi connectivity index (χ4n) is 2.72. The Labute approximate surface area is 179 Å². The maximum absolute atomic E-state index is 12.2. The lowest BCUT2D eigenvalue weighted by Crippen LogP contribution is -2.28. The molecule has 1 amide bonds. The van der Waals surface area contributed by atoms with Crippen LogP contribution >= 0.6 is 0 Å². The van der Waals surface area contributed by atoms with E-state index in [0.29, 0.717) is 11.3 Å². The van der Waals surface area contributed by atoms with Crippen molar-refractivity contribution in [3.63, 3.8) is 0 Å². The number of hydrogen-bond acceptors (Lipinski definition) is 8. The fourth-order valence-corrected chi connectivity index (χ4v) is 4.59. The second-order valence-electron chi connectivity index (χ2n) is 6.71. The lowest BCUT2D eigenvalue weighted by Gasteiger charge is -2.10. The van der Waals surface area contributed by atoms with Crippen LogP contribution in [0.2, 0.25) is 0 Å². The van der Waals surface area contributed by atoms with Crippen molar-refractivity contribution in [3.05, 3.63) is 54.1 Å². The van der Waals surface area contributed by atoms with Gasteiger partial charge < -0.3 is 10.1 Å². The minimum atomic E-state index is -3.73. The Balaban J connectivity index is 1.58. The van der Waals surface area contributed by atoms with Gasteiger partial charge in [-0.3, -0.25) is 14.5 Å². The molecule has 12 heteroatoms. The molecule has 1 aliphatic rings. The molecule has 0 radical (unpaired) electrons. The lowest BCUT2D eigenvalue weighted by atomic mass is 10.2. The number of aliphatic imine (C=N–C) groups is 1. The number of carbonyl (C=O) groups excluding carboxylic acids is 2. The van der Waals surface area contributed by atoms with Gasteiger partial charge in [0.05, 0.1) is 9.79 Å². The highest BCUT2D eigenvalue weighted by atomic mass is 32.2. The summed E-state index contributed by atoms with van der Waals surface area (Å²) in [5.41, 5.74) is 0.677. The predicted molar refractivity (Wildman–Crippen MR) is 112 cm³/mol. The minimum Gasteiger partial charge on any atom is -0.454 e. The summed E-state index contributed by atoms with van der Waals surface area (Å²) in [5, 5.41) is 2.47. The number of sulfone groups is 1. The van der Waals surface area contributed by atoms with Crippen LogP contribution in [0.3, 0.4) is 0 Å². The van der Waals surface area contributed by atoms with Crippen molar-refractivity contribution in [1.82, 2.24) is 4.72 Å². The molecule has 10 nitrogen and oxygen atoms in total. The van der Waals surface area contributed by atoms with E-state index in [9.17, 15) is 26.4 Å². The first kappa shape index (κ1) is 22.4. The van der Waals surface area contributed by atoms with Gasteiger partial charge in [0.15, 0.2) is 16.4 Å². The van der Waals surface area contributed by atoms with Crippen molar-refractivity contribution in [2.75, 3.05) is 18.2 Å². The van der Waals surface area contributed by atoms with Crippen LogP contribution in [0.1, 0.15) is 12.5 Å². The number of amides is 1. The van der Waals surface area contributed by atoms with E-state index in [4.69, 9.17) is 4.74 Å². The minimum absolute atomic E-state index is 0.0236. The molecule has 0 aromatic heterocycles. The van der Waals surface area contributed by atoms with E-state index in [1.807, 2.05) is 0 Å². The first-order valence-corrected chi connectivity index (χ1v) is 12.3. The molecule has 1 heterocycles. The molecule has 164 valence electrons. The molecule has 0 saturated carbocycles. The molecule has 1 aliphatic heterocycles. The molecule has 0 fully saturated rings. The van der Waals surface area contributed by atoms with Gasteiger partial charge in [0.25, 0.3) is 15.9 Å². The predicted octanol–water partition coefficient (Wildman–Crippen LogP) is 0.699. The summed E-state index contributed by atoms with van der Waals surface area (Å²) in [7, 11) is -7.09. The normalized spacial score (nSPS) is 16.8. The Kier molecular flexibility index (Phi) is 6.13. The third-order valence-electron chi connectivity index (χ3n) is 4.24. The van der Waals surface area contributed by atoms with Gasteiger partial charge in [-0.1, -0.05) is 12.1 Å². The summed E-state index contributed by atoms with van der Waals surface area (Å²) < 4.78 is 54.3.